The number of thioether (sulfide) groups is 1. The summed E-state index contributed by atoms with van der Waals surface area (Å²) in [7, 11) is 0. The van der Waals surface area contributed by atoms with E-state index >= 15 is 0 Å². The molecule has 1 aliphatic carbocycles. The van der Waals surface area contributed by atoms with Gasteiger partial charge in [-0.3, -0.25) is 4.79 Å². The summed E-state index contributed by atoms with van der Waals surface area (Å²) in [5.41, 5.74) is 0.561. The Balaban J connectivity index is 1.37. The number of hydrogen-bond donors (Lipinski definition) is 1. The van der Waals surface area contributed by atoms with E-state index in [9.17, 15) is 9.59 Å². The quantitative estimate of drug-likeness (QED) is 0.642. The third-order valence-corrected chi connectivity index (χ3v) is 8.50. The fourth-order valence-corrected chi connectivity index (χ4v) is 6.67. The van der Waals surface area contributed by atoms with Crippen molar-refractivity contribution in [2.24, 2.45) is 5.92 Å². The summed E-state index contributed by atoms with van der Waals surface area (Å²) in [4.78, 5) is 29.7. The number of benzene rings is 1. The molecule has 3 amide bonds. The number of rotatable bonds is 2. The topological polar surface area (TPSA) is 52.7 Å². The minimum Gasteiger partial charge on any atom is -0.327 e. The highest BCUT2D eigenvalue weighted by Crippen LogP contribution is 2.45. The highest BCUT2D eigenvalue weighted by Gasteiger charge is 2.48. The van der Waals surface area contributed by atoms with Crippen molar-refractivity contribution in [3.63, 3.8) is 0 Å². The van der Waals surface area contributed by atoms with Crippen molar-refractivity contribution in [2.75, 3.05) is 30.7 Å². The lowest BCUT2D eigenvalue weighted by Gasteiger charge is -2.45. The average molecular weight is 456 g/mol. The number of likely N-dealkylation sites (tertiary alicyclic amines) is 1. The van der Waals surface area contributed by atoms with Crippen molar-refractivity contribution >= 4 is 52.6 Å². The molecule has 0 aromatic heterocycles. The monoisotopic (exact) mass is 455 g/mol. The Labute approximate surface area is 186 Å². The minimum atomic E-state index is -0.155. The van der Waals surface area contributed by atoms with E-state index in [2.05, 4.69) is 10.2 Å². The number of nitrogens with zero attached hydrogens (tertiary/aromatic N) is 2. The lowest BCUT2D eigenvalue weighted by Crippen LogP contribution is -2.55. The second kappa shape index (κ2) is 8.94. The van der Waals surface area contributed by atoms with Gasteiger partial charge in [-0.05, 0) is 43.9 Å². The Morgan fingerprint density at radius 1 is 1.07 bits per heavy atom. The van der Waals surface area contributed by atoms with Gasteiger partial charge in [-0.2, -0.15) is 0 Å². The van der Waals surface area contributed by atoms with Crippen LogP contribution in [-0.4, -0.2) is 52.0 Å². The number of urea groups is 1. The molecule has 5 nitrogen and oxygen atoms in total. The van der Waals surface area contributed by atoms with Crippen LogP contribution in [0.3, 0.4) is 0 Å². The zero-order valence-corrected chi connectivity index (χ0v) is 18.8. The summed E-state index contributed by atoms with van der Waals surface area (Å²) in [6.45, 7) is 2.11. The van der Waals surface area contributed by atoms with Crippen molar-refractivity contribution in [3.8, 4) is 0 Å². The molecule has 1 N–H and O–H groups in total. The molecule has 1 aromatic carbocycles. The summed E-state index contributed by atoms with van der Waals surface area (Å²) in [6, 6.07) is 4.88. The summed E-state index contributed by atoms with van der Waals surface area (Å²) < 4.78 is 0. The molecule has 1 spiro atoms. The smallest absolute Gasteiger partial charge is 0.321 e. The van der Waals surface area contributed by atoms with Crippen molar-refractivity contribution in [1.82, 2.24) is 9.80 Å². The molecule has 0 bridgehead atoms. The number of carbonyl (C=O) groups excluding carboxylic acids is 2. The first-order valence-corrected chi connectivity index (χ1v) is 12.2. The van der Waals surface area contributed by atoms with Gasteiger partial charge in [0.2, 0.25) is 5.91 Å². The van der Waals surface area contributed by atoms with Crippen molar-refractivity contribution < 1.29 is 9.59 Å². The van der Waals surface area contributed by atoms with E-state index < -0.39 is 0 Å². The molecular formula is C21H27Cl2N3O2S. The highest BCUT2D eigenvalue weighted by molar-refractivity contribution is 8.00. The maximum atomic E-state index is 13.2. The number of halogens is 2. The van der Waals surface area contributed by atoms with E-state index in [1.807, 2.05) is 16.7 Å². The molecule has 0 radical (unpaired) electrons. The third-order valence-electron chi connectivity index (χ3n) is 6.40. The molecule has 3 fully saturated rings. The van der Waals surface area contributed by atoms with Crippen LogP contribution < -0.4 is 5.32 Å². The highest BCUT2D eigenvalue weighted by atomic mass is 35.5. The number of piperidine rings is 1. The molecule has 2 saturated heterocycles. The van der Waals surface area contributed by atoms with Gasteiger partial charge in [0.25, 0.3) is 0 Å². The fraction of sp³-hybridized carbons (Fsp3) is 0.619. The SMILES string of the molecule is O=C(Nc1ccc(Cl)cc1Cl)N1CCC2(CC1)SCCN2C(=O)C1CCCCC1. The number of anilines is 1. The van der Waals surface area contributed by atoms with Crippen LogP contribution in [0, 0.1) is 5.92 Å². The number of amides is 3. The molecular weight excluding hydrogens is 429 g/mol. The fourth-order valence-electron chi connectivity index (χ4n) is 4.75. The van der Waals surface area contributed by atoms with E-state index in [1.165, 1.54) is 19.3 Å². The summed E-state index contributed by atoms with van der Waals surface area (Å²) in [6.07, 6.45) is 7.30. The van der Waals surface area contributed by atoms with Crippen LogP contribution in [0.4, 0.5) is 10.5 Å². The Morgan fingerprint density at radius 2 is 1.79 bits per heavy atom. The molecule has 0 atom stereocenters. The Morgan fingerprint density at radius 3 is 2.48 bits per heavy atom. The average Bonchev–Trinajstić information content (AvgIpc) is 3.13. The first-order chi connectivity index (χ1) is 14.0. The van der Waals surface area contributed by atoms with Gasteiger partial charge in [0, 0.05) is 36.3 Å². The first-order valence-electron chi connectivity index (χ1n) is 10.4. The second-order valence-electron chi connectivity index (χ2n) is 8.16. The molecule has 8 heteroatoms. The number of hydrogen-bond acceptors (Lipinski definition) is 3. The maximum Gasteiger partial charge on any atom is 0.321 e. The van der Waals surface area contributed by atoms with E-state index in [1.54, 1.807) is 18.2 Å². The van der Waals surface area contributed by atoms with Crippen LogP contribution in [0.25, 0.3) is 0 Å². The van der Waals surface area contributed by atoms with Crippen LogP contribution in [0.5, 0.6) is 0 Å². The van der Waals surface area contributed by atoms with Crippen molar-refractivity contribution in [3.05, 3.63) is 28.2 Å². The molecule has 1 aromatic rings. The van der Waals surface area contributed by atoms with Gasteiger partial charge in [0.05, 0.1) is 15.6 Å². The van der Waals surface area contributed by atoms with E-state index in [0.29, 0.717) is 34.7 Å². The molecule has 158 valence electrons. The van der Waals surface area contributed by atoms with Crippen LogP contribution in [-0.2, 0) is 4.79 Å². The number of carbonyl (C=O) groups is 2. The van der Waals surface area contributed by atoms with E-state index in [0.717, 1.165) is 38.0 Å². The lowest BCUT2D eigenvalue weighted by molar-refractivity contribution is -0.140. The van der Waals surface area contributed by atoms with Gasteiger partial charge < -0.3 is 15.1 Å². The summed E-state index contributed by atoms with van der Waals surface area (Å²) >= 11 is 14.0. The molecule has 29 heavy (non-hydrogen) atoms. The Hall–Kier alpha value is -1.11. The van der Waals surface area contributed by atoms with Gasteiger partial charge in [-0.25, -0.2) is 4.79 Å². The standard InChI is InChI=1S/C21H27Cl2N3O2S/c22-16-6-7-18(17(23)14-16)24-20(28)25-10-8-21(9-11-25)26(12-13-29-21)19(27)15-4-2-1-3-5-15/h6-7,14-15H,1-5,8-13H2,(H,24,28). The predicted molar refractivity (Wildman–Crippen MR) is 120 cm³/mol. The summed E-state index contributed by atoms with van der Waals surface area (Å²) in [5, 5.41) is 3.84. The van der Waals surface area contributed by atoms with E-state index in [4.69, 9.17) is 23.2 Å². The second-order valence-corrected chi connectivity index (χ2v) is 10.5. The van der Waals surface area contributed by atoms with Gasteiger partial charge in [-0.1, -0.05) is 42.5 Å². The lowest BCUT2D eigenvalue weighted by atomic mass is 9.87. The Bertz CT molecular complexity index is 777. The zero-order chi connectivity index (χ0) is 20.4. The largest absolute Gasteiger partial charge is 0.327 e. The minimum absolute atomic E-state index is 0.136. The molecule has 2 heterocycles. The normalized spacial score (nSPS) is 22.1. The predicted octanol–water partition coefficient (Wildman–Crippen LogP) is 5.47. The maximum absolute atomic E-state index is 13.2. The Kier molecular flexibility index (Phi) is 6.52. The van der Waals surface area contributed by atoms with Crippen molar-refractivity contribution in [1.29, 1.82) is 0 Å². The van der Waals surface area contributed by atoms with Gasteiger partial charge in [-0.15, -0.1) is 11.8 Å². The van der Waals surface area contributed by atoms with Gasteiger partial charge in [0.15, 0.2) is 0 Å². The van der Waals surface area contributed by atoms with Crippen LogP contribution in [0.15, 0.2) is 18.2 Å². The van der Waals surface area contributed by atoms with E-state index in [-0.39, 0.29) is 16.8 Å². The summed E-state index contributed by atoms with van der Waals surface area (Å²) in [5.74, 6) is 1.54. The molecule has 0 unspecified atom stereocenters. The third kappa shape index (κ3) is 4.49. The number of nitrogens with one attached hydrogen (secondary N) is 1. The van der Waals surface area contributed by atoms with Crippen LogP contribution in [0.2, 0.25) is 10.0 Å². The van der Waals surface area contributed by atoms with Crippen LogP contribution >= 0.6 is 35.0 Å². The molecule has 3 aliphatic rings. The van der Waals surface area contributed by atoms with Gasteiger partial charge >= 0.3 is 6.03 Å². The van der Waals surface area contributed by atoms with Gasteiger partial charge in [0.1, 0.15) is 0 Å². The molecule has 1 saturated carbocycles. The zero-order valence-electron chi connectivity index (χ0n) is 16.5. The molecule has 2 aliphatic heterocycles. The van der Waals surface area contributed by atoms with Crippen molar-refractivity contribution in [2.45, 2.75) is 49.8 Å². The van der Waals surface area contributed by atoms with Crippen LogP contribution in [0.1, 0.15) is 44.9 Å². The first kappa shape index (κ1) is 21.1. The molecule has 4 rings (SSSR count).